The fourth-order valence-electron chi connectivity index (χ4n) is 4.30. The minimum Gasteiger partial charge on any atom is -0.492 e. The Labute approximate surface area is 207 Å². The van der Waals surface area contributed by atoms with E-state index in [-0.39, 0.29) is 23.0 Å². The van der Waals surface area contributed by atoms with Gasteiger partial charge in [-0.3, -0.25) is 4.79 Å². The first kappa shape index (κ1) is 24.6. The molecule has 0 unspecified atom stereocenters. The van der Waals surface area contributed by atoms with E-state index in [4.69, 9.17) is 9.47 Å². The zero-order valence-corrected chi connectivity index (χ0v) is 20.7. The molecule has 2 heterocycles. The van der Waals surface area contributed by atoms with Crippen LogP contribution in [0.25, 0.3) is 17.0 Å². The summed E-state index contributed by atoms with van der Waals surface area (Å²) in [6, 6.07) is 18.3. The van der Waals surface area contributed by atoms with Crippen LogP contribution < -0.4 is 10.1 Å². The Morgan fingerprint density at radius 1 is 1.23 bits per heavy atom. The van der Waals surface area contributed by atoms with E-state index in [1.54, 1.807) is 6.08 Å². The Balaban J connectivity index is 1.45. The van der Waals surface area contributed by atoms with E-state index in [9.17, 15) is 10.1 Å². The lowest BCUT2D eigenvalue weighted by atomic mass is 9.87. The second kappa shape index (κ2) is 10.8. The number of benzene rings is 2. The van der Waals surface area contributed by atoms with E-state index >= 15 is 0 Å². The average molecular weight is 472 g/mol. The minimum atomic E-state index is -0.373. The highest BCUT2D eigenvalue weighted by molar-refractivity contribution is 6.04. The summed E-state index contributed by atoms with van der Waals surface area (Å²) in [6.07, 6.45) is 5.61. The largest absolute Gasteiger partial charge is 0.492 e. The molecule has 0 spiro atoms. The molecule has 0 aliphatic carbocycles. The van der Waals surface area contributed by atoms with E-state index in [2.05, 4.69) is 48.9 Å². The van der Waals surface area contributed by atoms with Crippen molar-refractivity contribution in [3.8, 4) is 11.8 Å². The Morgan fingerprint density at radius 3 is 2.69 bits per heavy atom. The minimum absolute atomic E-state index is 0.0328. The lowest BCUT2D eigenvalue weighted by molar-refractivity contribution is -0.117. The molecule has 1 fully saturated rings. The molecular weight excluding hydrogens is 438 g/mol. The number of para-hydroxylation sites is 1. The fraction of sp³-hybridized carbons (Fsp3) is 0.379. The van der Waals surface area contributed by atoms with Gasteiger partial charge in [-0.2, -0.15) is 5.26 Å². The number of nitrogens with zero attached hydrogens (tertiary/aromatic N) is 2. The number of hydrogen-bond donors (Lipinski definition) is 1. The molecule has 0 saturated carbocycles. The molecule has 1 aliphatic heterocycles. The Kier molecular flexibility index (Phi) is 7.57. The maximum Gasteiger partial charge on any atom is 0.262 e. The molecule has 6 nitrogen and oxygen atoms in total. The van der Waals surface area contributed by atoms with Gasteiger partial charge in [0.25, 0.3) is 5.91 Å². The highest BCUT2D eigenvalue weighted by Gasteiger charge is 2.18. The lowest BCUT2D eigenvalue weighted by Gasteiger charge is -2.19. The predicted molar refractivity (Wildman–Crippen MR) is 138 cm³/mol. The summed E-state index contributed by atoms with van der Waals surface area (Å²) in [5.41, 5.74) is 3.32. The standard InChI is InChI=1S/C29H33N3O3/c1-29(2,3)23-10-12-24(13-11-23)35-16-14-32-20-22(26-8-4-5-9-27(26)32)17-21(18-30)28(33)31-19-25-7-6-15-34-25/h4-5,8-13,17,20,25H,6-7,14-16,19H2,1-3H3,(H,31,33)/b21-17+/t25-/m1/s1. The number of carbonyl (C=O) groups excluding carboxylic acids is 1. The number of amides is 1. The molecule has 2 aromatic carbocycles. The quantitative estimate of drug-likeness (QED) is 0.361. The van der Waals surface area contributed by atoms with Crippen LogP contribution in [0.1, 0.15) is 44.7 Å². The SMILES string of the molecule is CC(C)(C)c1ccc(OCCn2cc(/C=C(\C#N)C(=O)NC[C@H]3CCCO3)c3ccccc32)cc1. The van der Waals surface area contributed by atoms with E-state index < -0.39 is 0 Å². The van der Waals surface area contributed by atoms with E-state index in [1.807, 2.05) is 42.6 Å². The molecular formula is C29H33N3O3. The molecule has 1 aromatic heterocycles. The third-order valence-electron chi connectivity index (χ3n) is 6.32. The van der Waals surface area contributed by atoms with Crippen molar-refractivity contribution < 1.29 is 14.3 Å². The summed E-state index contributed by atoms with van der Waals surface area (Å²) in [6.45, 7) is 8.87. The molecule has 1 saturated heterocycles. The van der Waals surface area contributed by atoms with Gasteiger partial charge < -0.3 is 19.4 Å². The van der Waals surface area contributed by atoms with Crippen LogP contribution in [0.2, 0.25) is 0 Å². The van der Waals surface area contributed by atoms with Crippen LogP contribution in [0.15, 0.2) is 60.3 Å². The molecule has 4 rings (SSSR count). The maximum atomic E-state index is 12.6. The molecule has 0 radical (unpaired) electrons. The molecule has 182 valence electrons. The monoisotopic (exact) mass is 471 g/mol. The molecule has 0 bridgehead atoms. The summed E-state index contributed by atoms with van der Waals surface area (Å²) in [5.74, 6) is 0.464. The van der Waals surface area contributed by atoms with Crippen LogP contribution in [-0.2, 0) is 21.5 Å². The molecule has 35 heavy (non-hydrogen) atoms. The summed E-state index contributed by atoms with van der Waals surface area (Å²) in [4.78, 5) is 12.6. The second-order valence-corrected chi connectivity index (χ2v) is 9.93. The maximum absolute atomic E-state index is 12.6. The van der Waals surface area contributed by atoms with Gasteiger partial charge in [-0.15, -0.1) is 0 Å². The van der Waals surface area contributed by atoms with Crippen molar-refractivity contribution >= 4 is 22.9 Å². The number of ether oxygens (including phenoxy) is 2. The zero-order valence-electron chi connectivity index (χ0n) is 20.7. The number of rotatable bonds is 8. The first-order valence-corrected chi connectivity index (χ1v) is 12.2. The molecule has 1 amide bonds. The van der Waals surface area contributed by atoms with Crippen LogP contribution >= 0.6 is 0 Å². The topological polar surface area (TPSA) is 76.3 Å². The van der Waals surface area contributed by atoms with Crippen molar-refractivity contribution in [1.29, 1.82) is 5.26 Å². The van der Waals surface area contributed by atoms with Crippen molar-refractivity contribution in [2.24, 2.45) is 0 Å². The van der Waals surface area contributed by atoms with Gasteiger partial charge >= 0.3 is 0 Å². The normalized spacial score (nSPS) is 16.3. The van der Waals surface area contributed by atoms with Gasteiger partial charge in [-0.1, -0.05) is 51.1 Å². The third kappa shape index (κ3) is 6.12. The van der Waals surface area contributed by atoms with Crippen LogP contribution in [-0.4, -0.2) is 36.3 Å². The van der Waals surface area contributed by atoms with Crippen LogP contribution in [0, 0.1) is 11.3 Å². The highest BCUT2D eigenvalue weighted by atomic mass is 16.5. The number of nitrogens with one attached hydrogen (secondary N) is 1. The molecule has 6 heteroatoms. The van der Waals surface area contributed by atoms with Gasteiger partial charge in [0.2, 0.25) is 0 Å². The second-order valence-electron chi connectivity index (χ2n) is 9.93. The van der Waals surface area contributed by atoms with Gasteiger partial charge in [-0.25, -0.2) is 0 Å². The van der Waals surface area contributed by atoms with Gasteiger partial charge in [0.05, 0.1) is 12.6 Å². The van der Waals surface area contributed by atoms with Crippen molar-refractivity contribution in [1.82, 2.24) is 9.88 Å². The van der Waals surface area contributed by atoms with Crippen LogP contribution in [0.3, 0.4) is 0 Å². The summed E-state index contributed by atoms with van der Waals surface area (Å²) < 4.78 is 13.6. The van der Waals surface area contributed by atoms with E-state index in [0.717, 1.165) is 41.7 Å². The van der Waals surface area contributed by atoms with Gasteiger partial charge in [0.15, 0.2) is 0 Å². The summed E-state index contributed by atoms with van der Waals surface area (Å²) >= 11 is 0. The lowest BCUT2D eigenvalue weighted by Crippen LogP contribution is -2.32. The molecule has 1 atom stereocenters. The van der Waals surface area contributed by atoms with E-state index in [0.29, 0.717) is 19.7 Å². The number of fused-ring (bicyclic) bond motifs is 1. The average Bonchev–Trinajstić information content (AvgIpc) is 3.49. The zero-order chi connectivity index (χ0) is 24.8. The van der Waals surface area contributed by atoms with Crippen LogP contribution in [0.4, 0.5) is 0 Å². The van der Waals surface area contributed by atoms with Crippen LogP contribution in [0.5, 0.6) is 5.75 Å². The Hall–Kier alpha value is -3.56. The Bertz CT molecular complexity index is 1240. The highest BCUT2D eigenvalue weighted by Crippen LogP contribution is 2.26. The molecule has 1 aliphatic rings. The molecule has 1 N–H and O–H groups in total. The van der Waals surface area contributed by atoms with Gasteiger partial charge in [0, 0.05) is 35.8 Å². The summed E-state index contributed by atoms with van der Waals surface area (Å²) in [7, 11) is 0. The first-order valence-electron chi connectivity index (χ1n) is 12.2. The van der Waals surface area contributed by atoms with Crippen molar-refractivity contribution in [3.63, 3.8) is 0 Å². The van der Waals surface area contributed by atoms with Crippen molar-refractivity contribution in [3.05, 3.63) is 71.4 Å². The number of hydrogen-bond acceptors (Lipinski definition) is 4. The summed E-state index contributed by atoms with van der Waals surface area (Å²) in [5, 5.41) is 13.5. The van der Waals surface area contributed by atoms with Gasteiger partial charge in [0.1, 0.15) is 24.0 Å². The number of nitriles is 1. The molecule has 3 aromatic rings. The van der Waals surface area contributed by atoms with E-state index in [1.165, 1.54) is 5.56 Å². The fourth-order valence-corrected chi connectivity index (χ4v) is 4.30. The van der Waals surface area contributed by atoms with Crippen molar-refractivity contribution in [2.45, 2.75) is 51.7 Å². The smallest absolute Gasteiger partial charge is 0.262 e. The first-order chi connectivity index (χ1) is 16.8. The number of aromatic nitrogens is 1. The predicted octanol–water partition coefficient (Wildman–Crippen LogP) is 5.22. The Morgan fingerprint density at radius 2 is 2.00 bits per heavy atom. The number of carbonyl (C=O) groups is 1. The van der Waals surface area contributed by atoms with Crippen molar-refractivity contribution in [2.75, 3.05) is 19.8 Å². The van der Waals surface area contributed by atoms with Gasteiger partial charge in [-0.05, 0) is 48.1 Å². The third-order valence-corrected chi connectivity index (χ3v) is 6.32.